The summed E-state index contributed by atoms with van der Waals surface area (Å²) < 4.78 is 25.5. The van der Waals surface area contributed by atoms with Crippen molar-refractivity contribution in [3.05, 3.63) is 0 Å². The van der Waals surface area contributed by atoms with Crippen LogP contribution in [0, 0.1) is 0 Å². The van der Waals surface area contributed by atoms with Gasteiger partial charge in [0, 0.05) is 31.2 Å². The van der Waals surface area contributed by atoms with Gasteiger partial charge in [-0.3, -0.25) is 0 Å². The number of rotatable bonds is 6. The lowest BCUT2D eigenvalue weighted by molar-refractivity contribution is 0.150. The zero-order valence-electron chi connectivity index (χ0n) is 11.4. The highest BCUT2D eigenvalue weighted by Gasteiger charge is 2.38. The maximum atomic E-state index is 11.5. The van der Waals surface area contributed by atoms with Crippen molar-refractivity contribution in [2.75, 3.05) is 25.9 Å². The van der Waals surface area contributed by atoms with Crippen LogP contribution in [0.25, 0.3) is 0 Å². The van der Waals surface area contributed by atoms with E-state index >= 15 is 0 Å². The number of hydrogen-bond donors (Lipinski definition) is 2. The highest BCUT2D eigenvalue weighted by atomic mass is 32.2. The van der Waals surface area contributed by atoms with Crippen molar-refractivity contribution < 1.29 is 8.42 Å². The van der Waals surface area contributed by atoms with E-state index in [0.29, 0.717) is 31.2 Å². The van der Waals surface area contributed by atoms with Gasteiger partial charge in [-0.25, -0.2) is 13.1 Å². The molecule has 0 aromatic rings. The molecule has 0 saturated carbocycles. The summed E-state index contributed by atoms with van der Waals surface area (Å²) in [5.74, 6) is 0.183. The molecule has 6 heteroatoms. The van der Waals surface area contributed by atoms with Gasteiger partial charge >= 0.3 is 0 Å². The average Bonchev–Trinajstić information content (AvgIpc) is 2.51. The van der Waals surface area contributed by atoms with Crippen molar-refractivity contribution in [1.82, 2.24) is 14.9 Å². The molecule has 0 amide bonds. The van der Waals surface area contributed by atoms with E-state index in [1.54, 1.807) is 6.92 Å². The highest BCUT2D eigenvalue weighted by Crippen LogP contribution is 2.33. The molecule has 0 aliphatic carbocycles. The summed E-state index contributed by atoms with van der Waals surface area (Å²) in [4.78, 5) is 2.49. The van der Waals surface area contributed by atoms with Gasteiger partial charge in [-0.2, -0.15) is 0 Å². The first kappa shape index (κ1) is 14.2. The number of sulfonamides is 1. The summed E-state index contributed by atoms with van der Waals surface area (Å²) in [6, 6.07) is 1.90. The van der Waals surface area contributed by atoms with Crippen LogP contribution in [0.5, 0.6) is 0 Å². The summed E-state index contributed by atoms with van der Waals surface area (Å²) in [5.41, 5.74) is 0. The standard InChI is InChI=1S/C12H25N3O2S/c1-3-14-18(16,17)7-6-13-10-8-11-4-5-12(9-10)15(11)2/h10-14H,3-9H2,1-2H3. The van der Waals surface area contributed by atoms with Gasteiger partial charge in [-0.15, -0.1) is 0 Å². The predicted molar refractivity (Wildman–Crippen MR) is 73.1 cm³/mol. The molecule has 2 bridgehead atoms. The van der Waals surface area contributed by atoms with E-state index in [1.165, 1.54) is 12.8 Å². The highest BCUT2D eigenvalue weighted by molar-refractivity contribution is 7.89. The summed E-state index contributed by atoms with van der Waals surface area (Å²) in [5, 5.41) is 3.41. The van der Waals surface area contributed by atoms with E-state index in [-0.39, 0.29) is 5.75 Å². The largest absolute Gasteiger partial charge is 0.313 e. The Bertz CT molecular complexity index is 358. The van der Waals surface area contributed by atoms with Crippen LogP contribution in [0.1, 0.15) is 32.6 Å². The Labute approximate surface area is 110 Å². The molecule has 18 heavy (non-hydrogen) atoms. The van der Waals surface area contributed by atoms with Gasteiger partial charge in [0.05, 0.1) is 5.75 Å². The molecule has 0 aromatic heterocycles. The number of piperidine rings is 1. The number of nitrogens with zero attached hydrogens (tertiary/aromatic N) is 1. The molecule has 2 rings (SSSR count). The molecular formula is C12H25N3O2S. The van der Waals surface area contributed by atoms with Gasteiger partial charge in [0.1, 0.15) is 0 Å². The Morgan fingerprint density at radius 3 is 2.39 bits per heavy atom. The van der Waals surface area contributed by atoms with Crippen LogP contribution in [-0.2, 0) is 10.0 Å². The maximum absolute atomic E-state index is 11.5. The lowest BCUT2D eigenvalue weighted by Crippen LogP contribution is -2.48. The first-order chi connectivity index (χ1) is 8.52. The van der Waals surface area contributed by atoms with Gasteiger partial charge < -0.3 is 10.2 Å². The molecule has 5 nitrogen and oxygen atoms in total. The smallest absolute Gasteiger partial charge is 0.212 e. The van der Waals surface area contributed by atoms with Crippen LogP contribution in [0.2, 0.25) is 0 Å². The molecule has 2 heterocycles. The Hall–Kier alpha value is -0.170. The fourth-order valence-corrected chi connectivity index (χ4v) is 4.24. The number of fused-ring (bicyclic) bond motifs is 2. The van der Waals surface area contributed by atoms with E-state index < -0.39 is 10.0 Å². The zero-order chi connectivity index (χ0) is 13.2. The summed E-state index contributed by atoms with van der Waals surface area (Å²) >= 11 is 0. The molecule has 2 unspecified atom stereocenters. The SMILES string of the molecule is CCNS(=O)(=O)CCNC1CC2CCC(C1)N2C. The molecule has 0 radical (unpaired) electrons. The lowest BCUT2D eigenvalue weighted by atomic mass is 9.98. The van der Waals surface area contributed by atoms with Crippen molar-refractivity contribution in [3.63, 3.8) is 0 Å². The number of nitrogens with one attached hydrogen (secondary N) is 2. The molecule has 2 fully saturated rings. The Kier molecular flexibility index (Phi) is 4.64. The van der Waals surface area contributed by atoms with Crippen molar-refractivity contribution in [2.24, 2.45) is 0 Å². The maximum Gasteiger partial charge on any atom is 0.212 e. The van der Waals surface area contributed by atoms with Gasteiger partial charge in [-0.1, -0.05) is 6.92 Å². The van der Waals surface area contributed by atoms with Gasteiger partial charge in [0.2, 0.25) is 10.0 Å². The second kappa shape index (κ2) is 5.86. The van der Waals surface area contributed by atoms with E-state index in [2.05, 4.69) is 22.0 Å². The summed E-state index contributed by atoms with van der Waals surface area (Å²) in [6.07, 6.45) is 4.92. The van der Waals surface area contributed by atoms with Gasteiger partial charge in [0.15, 0.2) is 0 Å². The Morgan fingerprint density at radius 2 is 1.83 bits per heavy atom. The van der Waals surface area contributed by atoms with Crippen LogP contribution in [0.4, 0.5) is 0 Å². The van der Waals surface area contributed by atoms with Crippen molar-refractivity contribution in [1.29, 1.82) is 0 Å². The minimum atomic E-state index is -3.08. The van der Waals surface area contributed by atoms with Crippen LogP contribution >= 0.6 is 0 Å². The van der Waals surface area contributed by atoms with E-state index in [0.717, 1.165) is 12.8 Å². The molecule has 0 spiro atoms. The molecule has 2 atom stereocenters. The normalized spacial score (nSPS) is 32.9. The van der Waals surface area contributed by atoms with E-state index in [9.17, 15) is 8.42 Å². The fourth-order valence-electron chi connectivity index (χ4n) is 3.27. The summed E-state index contributed by atoms with van der Waals surface area (Å²) in [6.45, 7) is 2.84. The first-order valence-electron chi connectivity index (χ1n) is 6.94. The van der Waals surface area contributed by atoms with Crippen LogP contribution in [0.15, 0.2) is 0 Å². The first-order valence-corrected chi connectivity index (χ1v) is 8.59. The van der Waals surface area contributed by atoms with Crippen LogP contribution < -0.4 is 10.0 Å². The summed E-state index contributed by atoms with van der Waals surface area (Å²) in [7, 11) is -0.861. The van der Waals surface area contributed by atoms with Crippen molar-refractivity contribution >= 4 is 10.0 Å². The van der Waals surface area contributed by atoms with E-state index in [4.69, 9.17) is 0 Å². The molecule has 0 aromatic carbocycles. The zero-order valence-corrected chi connectivity index (χ0v) is 12.2. The monoisotopic (exact) mass is 275 g/mol. The van der Waals surface area contributed by atoms with Gasteiger partial charge in [0.25, 0.3) is 0 Å². The minimum Gasteiger partial charge on any atom is -0.313 e. The second-order valence-corrected chi connectivity index (χ2v) is 7.42. The lowest BCUT2D eigenvalue weighted by Gasteiger charge is -2.36. The van der Waals surface area contributed by atoms with E-state index in [1.807, 2.05) is 0 Å². The van der Waals surface area contributed by atoms with Crippen LogP contribution in [-0.4, -0.2) is 57.3 Å². The van der Waals surface area contributed by atoms with Crippen molar-refractivity contribution in [3.8, 4) is 0 Å². The second-order valence-electron chi connectivity index (χ2n) is 5.49. The van der Waals surface area contributed by atoms with Crippen molar-refractivity contribution in [2.45, 2.75) is 50.7 Å². The fraction of sp³-hybridized carbons (Fsp3) is 1.00. The van der Waals surface area contributed by atoms with Crippen LogP contribution in [0.3, 0.4) is 0 Å². The molecule has 2 aliphatic heterocycles. The predicted octanol–water partition coefficient (Wildman–Crippen LogP) is 0.141. The Morgan fingerprint density at radius 1 is 1.22 bits per heavy atom. The molecule has 2 N–H and O–H groups in total. The molecular weight excluding hydrogens is 250 g/mol. The Balaban J connectivity index is 1.72. The third-order valence-corrected chi connectivity index (χ3v) is 5.74. The third kappa shape index (κ3) is 3.44. The average molecular weight is 275 g/mol. The quantitative estimate of drug-likeness (QED) is 0.724. The van der Waals surface area contributed by atoms with Gasteiger partial charge in [-0.05, 0) is 32.7 Å². The molecule has 2 saturated heterocycles. The topological polar surface area (TPSA) is 61.4 Å². The number of hydrogen-bond acceptors (Lipinski definition) is 4. The molecule has 106 valence electrons. The molecule has 2 aliphatic rings. The minimum absolute atomic E-state index is 0.183. The third-order valence-electron chi connectivity index (χ3n) is 4.27.